The van der Waals surface area contributed by atoms with Gasteiger partial charge in [-0.25, -0.2) is 0 Å². The van der Waals surface area contributed by atoms with Gasteiger partial charge in [0.2, 0.25) is 0 Å². The molecule has 0 spiro atoms. The number of nitrogens with two attached hydrogens (primary N) is 1. The Kier molecular flexibility index (Phi) is 4.76. The van der Waals surface area contributed by atoms with Gasteiger partial charge in [-0.1, -0.05) is 0 Å². The minimum Gasteiger partial charge on any atom is -0.494 e. The number of rotatable bonds is 7. The van der Waals surface area contributed by atoms with E-state index in [2.05, 4.69) is 15.7 Å². The van der Waals surface area contributed by atoms with Crippen LogP contribution in [0.25, 0.3) is 11.0 Å². The number of pyridine rings is 1. The maximum absolute atomic E-state index is 5.78. The van der Waals surface area contributed by atoms with Crippen molar-refractivity contribution in [2.45, 2.75) is 25.9 Å². The largest absolute Gasteiger partial charge is 0.494 e. The molecule has 0 fully saturated rings. The van der Waals surface area contributed by atoms with E-state index in [1.807, 2.05) is 6.07 Å². The van der Waals surface area contributed by atoms with E-state index in [1.54, 1.807) is 20.4 Å². The van der Waals surface area contributed by atoms with E-state index in [1.165, 1.54) is 0 Å². The SMILES string of the molecule is COCCCCn1cc(CN)c2nccc(OC)c21. The molecule has 5 heteroatoms. The standard InChI is InChI=1S/C14H21N3O2/c1-18-8-4-3-7-17-10-11(9-15)13-14(17)12(19-2)5-6-16-13/h5-6,10H,3-4,7-9,15H2,1-2H3. The molecule has 0 aliphatic carbocycles. The number of aryl methyl sites for hydroxylation is 1. The van der Waals surface area contributed by atoms with E-state index in [4.69, 9.17) is 15.2 Å². The fraction of sp³-hybridized carbons (Fsp3) is 0.500. The second-order valence-corrected chi connectivity index (χ2v) is 4.46. The molecule has 2 rings (SSSR count). The fourth-order valence-corrected chi connectivity index (χ4v) is 2.28. The predicted molar refractivity (Wildman–Crippen MR) is 75.3 cm³/mol. The molecule has 19 heavy (non-hydrogen) atoms. The first-order valence-electron chi connectivity index (χ1n) is 6.51. The van der Waals surface area contributed by atoms with Gasteiger partial charge in [-0.3, -0.25) is 4.98 Å². The summed E-state index contributed by atoms with van der Waals surface area (Å²) in [5.74, 6) is 0.844. The summed E-state index contributed by atoms with van der Waals surface area (Å²) in [6.07, 6.45) is 5.93. The number of fused-ring (bicyclic) bond motifs is 1. The Labute approximate surface area is 113 Å². The van der Waals surface area contributed by atoms with Crippen molar-refractivity contribution in [2.75, 3.05) is 20.8 Å². The lowest BCUT2D eigenvalue weighted by Crippen LogP contribution is -2.00. The molecule has 0 unspecified atom stereocenters. The van der Waals surface area contributed by atoms with E-state index in [0.29, 0.717) is 6.54 Å². The van der Waals surface area contributed by atoms with Crippen molar-refractivity contribution in [1.82, 2.24) is 9.55 Å². The van der Waals surface area contributed by atoms with E-state index >= 15 is 0 Å². The summed E-state index contributed by atoms with van der Waals surface area (Å²) in [4.78, 5) is 4.42. The number of ether oxygens (including phenoxy) is 2. The highest BCUT2D eigenvalue weighted by Gasteiger charge is 2.12. The Balaban J connectivity index is 2.31. The average molecular weight is 263 g/mol. The second kappa shape index (κ2) is 6.54. The van der Waals surface area contributed by atoms with Crippen LogP contribution in [-0.4, -0.2) is 30.4 Å². The molecule has 2 aromatic rings. The van der Waals surface area contributed by atoms with Crippen molar-refractivity contribution in [1.29, 1.82) is 0 Å². The monoisotopic (exact) mass is 263 g/mol. The van der Waals surface area contributed by atoms with Gasteiger partial charge in [0.05, 0.1) is 12.6 Å². The number of hydrogen-bond acceptors (Lipinski definition) is 4. The lowest BCUT2D eigenvalue weighted by atomic mass is 10.2. The highest BCUT2D eigenvalue weighted by molar-refractivity contribution is 5.85. The molecule has 104 valence electrons. The minimum absolute atomic E-state index is 0.488. The van der Waals surface area contributed by atoms with Crippen molar-refractivity contribution in [3.63, 3.8) is 0 Å². The third-order valence-electron chi connectivity index (χ3n) is 3.23. The molecule has 0 bridgehead atoms. The van der Waals surface area contributed by atoms with Crippen LogP contribution in [-0.2, 0) is 17.8 Å². The van der Waals surface area contributed by atoms with Crippen LogP contribution < -0.4 is 10.5 Å². The van der Waals surface area contributed by atoms with Crippen molar-refractivity contribution in [2.24, 2.45) is 5.73 Å². The van der Waals surface area contributed by atoms with Gasteiger partial charge < -0.3 is 19.8 Å². The highest BCUT2D eigenvalue weighted by atomic mass is 16.5. The first-order chi connectivity index (χ1) is 9.31. The molecule has 2 aromatic heterocycles. The van der Waals surface area contributed by atoms with E-state index in [0.717, 1.165) is 48.3 Å². The lowest BCUT2D eigenvalue weighted by Gasteiger charge is -2.08. The number of hydrogen-bond donors (Lipinski definition) is 1. The van der Waals surface area contributed by atoms with Crippen LogP contribution >= 0.6 is 0 Å². The molecule has 2 N–H and O–H groups in total. The van der Waals surface area contributed by atoms with E-state index < -0.39 is 0 Å². The topological polar surface area (TPSA) is 62.3 Å². The van der Waals surface area contributed by atoms with Crippen molar-refractivity contribution in [3.05, 3.63) is 24.0 Å². The normalized spacial score (nSPS) is 11.1. The summed E-state index contributed by atoms with van der Waals surface area (Å²) in [6.45, 7) is 2.20. The first-order valence-corrected chi connectivity index (χ1v) is 6.51. The summed E-state index contributed by atoms with van der Waals surface area (Å²) in [6, 6.07) is 1.88. The van der Waals surface area contributed by atoms with Crippen LogP contribution in [0.2, 0.25) is 0 Å². The zero-order valence-electron chi connectivity index (χ0n) is 11.6. The quantitative estimate of drug-likeness (QED) is 0.775. The zero-order valence-corrected chi connectivity index (χ0v) is 11.6. The summed E-state index contributed by atoms with van der Waals surface area (Å²) >= 11 is 0. The first kappa shape index (κ1) is 13.8. The second-order valence-electron chi connectivity index (χ2n) is 4.46. The van der Waals surface area contributed by atoms with Crippen LogP contribution in [0, 0.1) is 0 Å². The third-order valence-corrected chi connectivity index (χ3v) is 3.23. The zero-order chi connectivity index (χ0) is 13.7. The molecule has 0 amide bonds. The molecular weight excluding hydrogens is 242 g/mol. The molecule has 0 saturated heterocycles. The average Bonchev–Trinajstić information content (AvgIpc) is 2.82. The number of methoxy groups -OCH3 is 2. The molecule has 5 nitrogen and oxygen atoms in total. The predicted octanol–water partition coefficient (Wildman–Crippen LogP) is 1.93. The Morgan fingerprint density at radius 1 is 1.32 bits per heavy atom. The van der Waals surface area contributed by atoms with Crippen molar-refractivity contribution >= 4 is 11.0 Å². The maximum Gasteiger partial charge on any atom is 0.146 e. The molecule has 0 aliphatic heterocycles. The summed E-state index contributed by atoms with van der Waals surface area (Å²) < 4.78 is 12.7. The van der Waals surface area contributed by atoms with Crippen LogP contribution in [0.3, 0.4) is 0 Å². The van der Waals surface area contributed by atoms with Gasteiger partial charge in [0.25, 0.3) is 0 Å². The molecule has 0 saturated carbocycles. The molecule has 0 aromatic carbocycles. The lowest BCUT2D eigenvalue weighted by molar-refractivity contribution is 0.191. The van der Waals surface area contributed by atoms with Gasteiger partial charge in [-0.15, -0.1) is 0 Å². The Morgan fingerprint density at radius 3 is 2.84 bits per heavy atom. The van der Waals surface area contributed by atoms with Gasteiger partial charge >= 0.3 is 0 Å². The van der Waals surface area contributed by atoms with E-state index in [9.17, 15) is 0 Å². The Morgan fingerprint density at radius 2 is 2.16 bits per heavy atom. The van der Waals surface area contributed by atoms with Gasteiger partial charge in [0.15, 0.2) is 0 Å². The number of nitrogens with zero attached hydrogens (tertiary/aromatic N) is 2. The van der Waals surface area contributed by atoms with Crippen LogP contribution in [0.5, 0.6) is 5.75 Å². The molecule has 0 radical (unpaired) electrons. The summed E-state index contributed by atoms with van der Waals surface area (Å²) in [5.41, 5.74) is 8.81. The Hall–Kier alpha value is -1.59. The number of aromatic nitrogens is 2. The molecule has 2 heterocycles. The molecule has 0 atom stereocenters. The number of unbranched alkanes of at least 4 members (excludes halogenated alkanes) is 1. The maximum atomic E-state index is 5.78. The summed E-state index contributed by atoms with van der Waals surface area (Å²) in [5, 5.41) is 0. The summed E-state index contributed by atoms with van der Waals surface area (Å²) in [7, 11) is 3.41. The van der Waals surface area contributed by atoms with Gasteiger partial charge in [-0.05, 0) is 12.8 Å². The van der Waals surface area contributed by atoms with Crippen LogP contribution in [0.15, 0.2) is 18.5 Å². The van der Waals surface area contributed by atoms with Crippen LogP contribution in [0.4, 0.5) is 0 Å². The van der Waals surface area contributed by atoms with Gasteiger partial charge in [-0.2, -0.15) is 0 Å². The van der Waals surface area contributed by atoms with Gasteiger partial charge in [0.1, 0.15) is 11.3 Å². The Bertz CT molecular complexity index is 537. The smallest absolute Gasteiger partial charge is 0.146 e. The third kappa shape index (κ3) is 2.88. The van der Waals surface area contributed by atoms with Crippen molar-refractivity contribution in [3.8, 4) is 5.75 Å². The fourth-order valence-electron chi connectivity index (χ4n) is 2.28. The molecule has 0 aliphatic rings. The van der Waals surface area contributed by atoms with Crippen molar-refractivity contribution < 1.29 is 9.47 Å². The van der Waals surface area contributed by atoms with E-state index in [-0.39, 0.29) is 0 Å². The molecular formula is C14H21N3O2. The minimum atomic E-state index is 0.488. The highest BCUT2D eigenvalue weighted by Crippen LogP contribution is 2.28. The van der Waals surface area contributed by atoms with Gasteiger partial charge in [0, 0.05) is 50.8 Å². The van der Waals surface area contributed by atoms with Crippen LogP contribution in [0.1, 0.15) is 18.4 Å².